The lowest BCUT2D eigenvalue weighted by Crippen LogP contribution is -2.34. The van der Waals surface area contributed by atoms with Gasteiger partial charge in [0.15, 0.2) is 6.17 Å². The van der Waals surface area contributed by atoms with Crippen LogP contribution in [0.5, 0.6) is 0 Å². The molecule has 2 N–H and O–H groups in total. The molecule has 1 aliphatic carbocycles. The van der Waals surface area contributed by atoms with Gasteiger partial charge in [-0.05, 0) is 37.6 Å². The van der Waals surface area contributed by atoms with Crippen molar-refractivity contribution in [1.82, 2.24) is 0 Å². The molecular formula is C10H17F4N. The average Bonchev–Trinajstić information content (AvgIpc) is 2.17. The van der Waals surface area contributed by atoms with E-state index in [0.717, 1.165) is 6.42 Å². The zero-order valence-electron chi connectivity index (χ0n) is 8.56. The van der Waals surface area contributed by atoms with Crippen LogP contribution >= 0.6 is 0 Å². The summed E-state index contributed by atoms with van der Waals surface area (Å²) in [5.41, 5.74) is 5.37. The molecule has 15 heavy (non-hydrogen) atoms. The van der Waals surface area contributed by atoms with E-state index in [1.807, 2.05) is 0 Å². The number of hydrogen-bond donors (Lipinski definition) is 1. The van der Waals surface area contributed by atoms with Crippen LogP contribution in [-0.2, 0) is 0 Å². The third-order valence-electron chi connectivity index (χ3n) is 3.19. The molecule has 0 spiro atoms. The van der Waals surface area contributed by atoms with E-state index in [2.05, 4.69) is 0 Å². The molecule has 1 atom stereocenters. The number of alkyl halides is 4. The molecule has 90 valence electrons. The van der Waals surface area contributed by atoms with Crippen LogP contribution in [-0.4, -0.2) is 18.9 Å². The summed E-state index contributed by atoms with van der Waals surface area (Å²) in [5.74, 6) is -0.439. The zero-order valence-corrected chi connectivity index (χ0v) is 8.56. The normalized spacial score (nSPS) is 30.2. The van der Waals surface area contributed by atoms with Crippen LogP contribution in [0.1, 0.15) is 32.1 Å². The number of nitrogens with two attached hydrogens (primary N) is 1. The molecule has 0 bridgehead atoms. The molecule has 0 saturated heterocycles. The molecule has 0 aromatic carbocycles. The molecular weight excluding hydrogens is 210 g/mol. The Balaban J connectivity index is 2.37. The minimum absolute atomic E-state index is 0.339. The molecule has 1 unspecified atom stereocenters. The zero-order chi connectivity index (χ0) is 11.5. The van der Waals surface area contributed by atoms with Gasteiger partial charge in [-0.3, -0.25) is 0 Å². The van der Waals surface area contributed by atoms with E-state index in [9.17, 15) is 17.6 Å². The Morgan fingerprint density at radius 3 is 2.07 bits per heavy atom. The average molecular weight is 227 g/mol. The summed E-state index contributed by atoms with van der Waals surface area (Å²) in [6, 6.07) is 0. The van der Waals surface area contributed by atoms with Crippen molar-refractivity contribution in [3.8, 4) is 0 Å². The van der Waals surface area contributed by atoms with Crippen LogP contribution < -0.4 is 5.73 Å². The Morgan fingerprint density at radius 2 is 1.67 bits per heavy atom. The van der Waals surface area contributed by atoms with Crippen molar-refractivity contribution in [3.63, 3.8) is 0 Å². The van der Waals surface area contributed by atoms with Gasteiger partial charge in [0.2, 0.25) is 0 Å². The first-order valence-electron chi connectivity index (χ1n) is 5.36. The molecule has 0 aromatic heterocycles. The molecule has 5 heteroatoms. The highest BCUT2D eigenvalue weighted by Gasteiger charge is 2.45. The fourth-order valence-electron chi connectivity index (χ4n) is 2.27. The van der Waals surface area contributed by atoms with E-state index >= 15 is 0 Å². The molecule has 1 rings (SSSR count). The summed E-state index contributed by atoms with van der Waals surface area (Å²) < 4.78 is 49.2. The van der Waals surface area contributed by atoms with Crippen LogP contribution in [0.25, 0.3) is 0 Å². The van der Waals surface area contributed by atoms with E-state index in [1.54, 1.807) is 0 Å². The molecule has 1 saturated carbocycles. The molecule has 1 aliphatic rings. The lowest BCUT2D eigenvalue weighted by atomic mass is 9.78. The van der Waals surface area contributed by atoms with Crippen molar-refractivity contribution in [1.29, 1.82) is 0 Å². The van der Waals surface area contributed by atoms with Gasteiger partial charge in [-0.2, -0.15) is 13.2 Å². The van der Waals surface area contributed by atoms with Gasteiger partial charge < -0.3 is 5.73 Å². The molecule has 0 aliphatic heterocycles. The summed E-state index contributed by atoms with van der Waals surface area (Å²) in [5, 5.41) is 0. The van der Waals surface area contributed by atoms with Gasteiger partial charge in [-0.1, -0.05) is 12.8 Å². The predicted octanol–water partition coefficient (Wildman–Crippen LogP) is 3.04. The van der Waals surface area contributed by atoms with Crippen molar-refractivity contribution in [2.45, 2.75) is 44.5 Å². The van der Waals surface area contributed by atoms with Crippen LogP contribution in [0.15, 0.2) is 0 Å². The minimum atomic E-state index is -4.69. The Hall–Kier alpha value is -0.320. The van der Waals surface area contributed by atoms with Crippen molar-refractivity contribution < 1.29 is 17.6 Å². The van der Waals surface area contributed by atoms with Gasteiger partial charge in [0.05, 0.1) is 0 Å². The van der Waals surface area contributed by atoms with Gasteiger partial charge in [0.25, 0.3) is 0 Å². The summed E-state index contributed by atoms with van der Waals surface area (Å²) >= 11 is 0. The van der Waals surface area contributed by atoms with Crippen molar-refractivity contribution in [2.24, 2.45) is 17.6 Å². The van der Waals surface area contributed by atoms with Gasteiger partial charge in [-0.25, -0.2) is 4.39 Å². The maximum Gasteiger partial charge on any atom is 0.419 e. The fourth-order valence-corrected chi connectivity index (χ4v) is 2.27. The largest absolute Gasteiger partial charge is 0.419 e. The number of rotatable bonds is 3. The van der Waals surface area contributed by atoms with Crippen LogP contribution in [0.4, 0.5) is 17.6 Å². The van der Waals surface area contributed by atoms with E-state index in [0.29, 0.717) is 38.1 Å². The summed E-state index contributed by atoms with van der Waals surface area (Å²) in [6.45, 7) is 0.563. The SMILES string of the molecule is NCCC1CCC(C(F)C(F)(F)F)CC1. The molecule has 0 aromatic rings. The summed E-state index contributed by atoms with van der Waals surface area (Å²) in [4.78, 5) is 0. The van der Waals surface area contributed by atoms with Crippen LogP contribution in [0.3, 0.4) is 0 Å². The van der Waals surface area contributed by atoms with Crippen molar-refractivity contribution >= 4 is 0 Å². The monoisotopic (exact) mass is 227 g/mol. The third kappa shape index (κ3) is 3.63. The maximum absolute atomic E-state index is 13.0. The highest BCUT2D eigenvalue weighted by atomic mass is 19.4. The second-order valence-electron chi connectivity index (χ2n) is 4.30. The van der Waals surface area contributed by atoms with Crippen LogP contribution in [0.2, 0.25) is 0 Å². The first-order chi connectivity index (χ1) is 6.95. The summed E-state index contributed by atoms with van der Waals surface area (Å²) in [6.07, 6.45) is -4.45. The lowest BCUT2D eigenvalue weighted by molar-refractivity contribution is -0.197. The predicted molar refractivity (Wildman–Crippen MR) is 50.1 cm³/mol. The summed E-state index contributed by atoms with van der Waals surface area (Å²) in [7, 11) is 0. The fraction of sp³-hybridized carbons (Fsp3) is 1.00. The molecule has 0 heterocycles. The van der Waals surface area contributed by atoms with E-state index < -0.39 is 18.3 Å². The maximum atomic E-state index is 13.0. The van der Waals surface area contributed by atoms with Crippen molar-refractivity contribution in [3.05, 3.63) is 0 Å². The first-order valence-corrected chi connectivity index (χ1v) is 5.36. The van der Waals surface area contributed by atoms with Gasteiger partial charge in [0, 0.05) is 0 Å². The van der Waals surface area contributed by atoms with Gasteiger partial charge in [-0.15, -0.1) is 0 Å². The Labute approximate surface area is 87.0 Å². The van der Waals surface area contributed by atoms with E-state index in [-0.39, 0.29) is 0 Å². The third-order valence-corrected chi connectivity index (χ3v) is 3.19. The van der Waals surface area contributed by atoms with E-state index in [1.165, 1.54) is 0 Å². The first kappa shape index (κ1) is 12.7. The topological polar surface area (TPSA) is 26.0 Å². The molecule has 0 amide bonds. The molecule has 0 radical (unpaired) electrons. The quantitative estimate of drug-likeness (QED) is 0.737. The highest BCUT2D eigenvalue weighted by molar-refractivity contribution is 4.81. The van der Waals surface area contributed by atoms with Crippen LogP contribution in [0, 0.1) is 11.8 Å². The number of hydrogen-bond acceptors (Lipinski definition) is 1. The molecule has 1 fully saturated rings. The second kappa shape index (κ2) is 5.14. The van der Waals surface area contributed by atoms with Gasteiger partial charge in [0.1, 0.15) is 0 Å². The van der Waals surface area contributed by atoms with E-state index in [4.69, 9.17) is 5.73 Å². The lowest BCUT2D eigenvalue weighted by Gasteiger charge is -2.30. The smallest absolute Gasteiger partial charge is 0.330 e. The molecule has 1 nitrogen and oxygen atoms in total. The Kier molecular flexibility index (Phi) is 4.37. The number of halogens is 4. The van der Waals surface area contributed by atoms with Crippen molar-refractivity contribution in [2.75, 3.05) is 6.54 Å². The minimum Gasteiger partial charge on any atom is -0.330 e. The highest BCUT2D eigenvalue weighted by Crippen LogP contribution is 2.39. The Morgan fingerprint density at radius 1 is 1.13 bits per heavy atom. The Bertz CT molecular complexity index is 184. The second-order valence-corrected chi connectivity index (χ2v) is 4.30. The standard InChI is InChI=1S/C10H17F4N/c11-9(10(12,13)14)8-3-1-7(2-4-8)5-6-15/h7-9H,1-6,15H2. The van der Waals surface area contributed by atoms with Gasteiger partial charge >= 0.3 is 6.18 Å².